The number of allylic oxidation sites excluding steroid dienone is 1. The molecule has 2 aliphatic heterocycles. The van der Waals surface area contributed by atoms with Crippen LogP contribution in [0, 0.1) is 0 Å². The molecule has 3 aliphatic rings. The Morgan fingerprint density at radius 1 is 1.06 bits per heavy atom. The minimum absolute atomic E-state index is 0.0392. The second kappa shape index (κ2) is 14.1. The largest absolute Gasteiger partial charge is 0.453 e. The number of rotatable bonds is 8. The van der Waals surface area contributed by atoms with Crippen LogP contribution in [0.5, 0.6) is 0 Å². The van der Waals surface area contributed by atoms with E-state index in [9.17, 15) is 27.6 Å². The van der Waals surface area contributed by atoms with Crippen LogP contribution in [0.3, 0.4) is 0 Å². The highest BCUT2D eigenvalue weighted by atomic mass is 19.4. The van der Waals surface area contributed by atoms with Crippen molar-refractivity contribution < 1.29 is 37.0 Å². The molecule has 48 heavy (non-hydrogen) atoms. The molecule has 3 aromatic heterocycles. The number of ether oxygens (including phenoxy) is 2. The summed E-state index contributed by atoms with van der Waals surface area (Å²) >= 11 is 0. The summed E-state index contributed by atoms with van der Waals surface area (Å²) in [5.41, 5.74) is 0.833. The number of fused-ring (bicyclic) bond motifs is 1. The third-order valence-electron chi connectivity index (χ3n) is 8.54. The van der Waals surface area contributed by atoms with E-state index < -0.39 is 17.8 Å². The van der Waals surface area contributed by atoms with Crippen molar-refractivity contribution in [2.45, 2.75) is 32.0 Å². The number of carbonyl (C=O) groups is 3. The van der Waals surface area contributed by atoms with Gasteiger partial charge in [0.15, 0.2) is 11.6 Å². The van der Waals surface area contributed by atoms with E-state index in [0.29, 0.717) is 70.4 Å². The van der Waals surface area contributed by atoms with Crippen LogP contribution < -0.4 is 15.5 Å². The summed E-state index contributed by atoms with van der Waals surface area (Å²) in [5.74, 6) is -0.356. The Hall–Kier alpha value is -4.77. The molecule has 0 atom stereocenters. The molecule has 2 N–H and O–H groups in total. The summed E-state index contributed by atoms with van der Waals surface area (Å²) in [6, 6.07) is 2.65. The van der Waals surface area contributed by atoms with Crippen LogP contribution in [-0.4, -0.2) is 113 Å². The fourth-order valence-corrected chi connectivity index (χ4v) is 6.01. The van der Waals surface area contributed by atoms with Gasteiger partial charge < -0.3 is 24.6 Å². The molecule has 256 valence electrons. The number of hydrogen-bond acceptors (Lipinski definition) is 10. The van der Waals surface area contributed by atoms with E-state index in [4.69, 9.17) is 4.74 Å². The molecule has 6 rings (SSSR count). The van der Waals surface area contributed by atoms with Gasteiger partial charge in [-0.15, -0.1) is 5.10 Å². The monoisotopic (exact) mass is 671 g/mol. The highest BCUT2D eigenvalue weighted by molar-refractivity contribution is 5.96. The molecule has 0 spiro atoms. The first-order valence-corrected chi connectivity index (χ1v) is 15.7. The van der Waals surface area contributed by atoms with Crippen LogP contribution in [0.15, 0.2) is 36.2 Å². The average Bonchev–Trinajstić information content (AvgIpc) is 3.77. The van der Waals surface area contributed by atoms with Gasteiger partial charge in [-0.2, -0.15) is 13.2 Å². The van der Waals surface area contributed by atoms with E-state index in [1.165, 1.54) is 4.52 Å². The number of amides is 3. The van der Waals surface area contributed by atoms with Crippen molar-refractivity contribution in [3.05, 3.63) is 47.3 Å². The molecule has 17 heteroatoms. The third-order valence-corrected chi connectivity index (χ3v) is 8.54. The minimum Gasteiger partial charge on any atom is -0.453 e. The Morgan fingerprint density at radius 3 is 2.52 bits per heavy atom. The van der Waals surface area contributed by atoms with Gasteiger partial charge in [0, 0.05) is 63.8 Å². The lowest BCUT2D eigenvalue weighted by Crippen LogP contribution is -2.50. The lowest BCUT2D eigenvalue weighted by Gasteiger charge is -2.34. The van der Waals surface area contributed by atoms with Gasteiger partial charge in [0.05, 0.1) is 38.0 Å². The van der Waals surface area contributed by atoms with E-state index in [1.54, 1.807) is 11.1 Å². The maximum atomic E-state index is 14.3. The van der Waals surface area contributed by atoms with Crippen LogP contribution in [0.2, 0.25) is 0 Å². The van der Waals surface area contributed by atoms with E-state index in [2.05, 4.69) is 35.3 Å². The molecule has 0 bridgehead atoms. The van der Waals surface area contributed by atoms with Crippen molar-refractivity contribution >= 4 is 35.1 Å². The van der Waals surface area contributed by atoms with Crippen LogP contribution in [0.25, 0.3) is 16.9 Å². The van der Waals surface area contributed by atoms with Gasteiger partial charge in [-0.3, -0.25) is 19.8 Å². The molecule has 0 unspecified atom stereocenters. The zero-order chi connectivity index (χ0) is 33.8. The predicted octanol–water partition coefficient (Wildman–Crippen LogP) is 2.70. The van der Waals surface area contributed by atoms with Crippen molar-refractivity contribution in [3.8, 4) is 11.4 Å². The van der Waals surface area contributed by atoms with E-state index >= 15 is 0 Å². The topological polar surface area (TPSA) is 147 Å². The molecule has 2 saturated heterocycles. The maximum absolute atomic E-state index is 14.3. The molecule has 0 saturated carbocycles. The van der Waals surface area contributed by atoms with Gasteiger partial charge in [-0.1, -0.05) is 6.08 Å². The number of pyridine rings is 1. The molecule has 5 heterocycles. The Kier molecular flexibility index (Phi) is 9.77. The normalized spacial score (nSPS) is 17.4. The first-order chi connectivity index (χ1) is 23.1. The number of nitrogens with zero attached hydrogens (tertiary/aromatic N) is 7. The summed E-state index contributed by atoms with van der Waals surface area (Å²) in [7, 11) is 1.09. The first-order valence-electron chi connectivity index (χ1n) is 15.7. The van der Waals surface area contributed by atoms with Gasteiger partial charge in [0.2, 0.25) is 11.8 Å². The number of aromatic nitrogens is 4. The highest BCUT2D eigenvalue weighted by Gasteiger charge is 2.36. The second-order valence-corrected chi connectivity index (χ2v) is 11.7. The van der Waals surface area contributed by atoms with Gasteiger partial charge in [0.1, 0.15) is 11.3 Å². The number of anilines is 2. The fourth-order valence-electron chi connectivity index (χ4n) is 6.01. The number of morpholine rings is 1. The molecule has 1 aliphatic carbocycles. The molecule has 0 radical (unpaired) electrons. The van der Waals surface area contributed by atoms with Gasteiger partial charge in [0.25, 0.3) is 0 Å². The number of nitrogens with one attached hydrogen (secondary N) is 2. The van der Waals surface area contributed by atoms with Crippen molar-refractivity contribution in [2.24, 2.45) is 0 Å². The Morgan fingerprint density at radius 2 is 1.83 bits per heavy atom. The number of alkyl halides is 3. The van der Waals surface area contributed by atoms with Gasteiger partial charge >= 0.3 is 12.3 Å². The quantitative estimate of drug-likeness (QED) is 0.367. The van der Waals surface area contributed by atoms with Gasteiger partial charge in [-0.25, -0.2) is 19.3 Å². The predicted molar refractivity (Wildman–Crippen MR) is 167 cm³/mol. The van der Waals surface area contributed by atoms with Crippen molar-refractivity contribution in [2.75, 3.05) is 76.4 Å². The zero-order valence-electron chi connectivity index (χ0n) is 26.4. The lowest BCUT2D eigenvalue weighted by atomic mass is 10.1. The first kappa shape index (κ1) is 33.1. The average molecular weight is 672 g/mol. The Balaban J connectivity index is 1.20. The summed E-state index contributed by atoms with van der Waals surface area (Å²) in [4.78, 5) is 51.1. The number of carbonyl (C=O) groups excluding carboxylic acids is 3. The summed E-state index contributed by atoms with van der Waals surface area (Å²) in [6.07, 6.45) is 1.51. The van der Waals surface area contributed by atoms with Crippen LogP contribution in [-0.2, 0) is 31.8 Å². The SMILES string of the molecule is COC(=O)Nc1cc(C(F)(F)F)c(-c2nc(N3CCOCC3)c3cc(CN4CCN(C(=O)CNC(=O)C5=CCCC5)CC4)cn3n2)cn1. The molecule has 3 aromatic rings. The van der Waals surface area contributed by atoms with Gasteiger partial charge in [-0.05, 0) is 37.0 Å². The maximum Gasteiger partial charge on any atom is 0.417 e. The number of piperazine rings is 1. The summed E-state index contributed by atoms with van der Waals surface area (Å²) in [6.45, 7) is 4.57. The van der Waals surface area contributed by atoms with Crippen LogP contribution >= 0.6 is 0 Å². The number of methoxy groups -OCH3 is 1. The van der Waals surface area contributed by atoms with E-state index in [0.717, 1.165) is 49.8 Å². The van der Waals surface area contributed by atoms with Crippen molar-refractivity contribution in [3.63, 3.8) is 0 Å². The highest BCUT2D eigenvalue weighted by Crippen LogP contribution is 2.38. The Bertz CT molecular complexity index is 1710. The van der Waals surface area contributed by atoms with Crippen LogP contribution in [0.4, 0.5) is 29.6 Å². The lowest BCUT2D eigenvalue weighted by molar-refractivity contribution is -0.137. The molecule has 3 amide bonds. The minimum atomic E-state index is -4.80. The molecular weight excluding hydrogens is 635 g/mol. The standard InChI is InChI=1S/C31H36F3N9O5/c1-47-30(46)37-25-15-23(31(32,33)34)22(16-35-25)27-38-28(42-10-12-48-13-11-42)24-14-20(19-43(24)39-27)18-40-6-8-41(9-7-40)26(44)17-36-29(45)21-4-2-3-5-21/h4,14-16,19H,2-3,5-13,17-18H2,1H3,(H,36,45)(H,35,37,46). The number of hydrogen-bond donors (Lipinski definition) is 2. The molecule has 14 nitrogen and oxygen atoms in total. The van der Waals surface area contributed by atoms with Crippen molar-refractivity contribution in [1.82, 2.24) is 34.7 Å². The summed E-state index contributed by atoms with van der Waals surface area (Å²) in [5, 5.41) is 9.37. The van der Waals surface area contributed by atoms with Crippen LogP contribution in [0.1, 0.15) is 30.4 Å². The van der Waals surface area contributed by atoms with Crippen molar-refractivity contribution in [1.29, 1.82) is 0 Å². The second-order valence-electron chi connectivity index (χ2n) is 11.7. The molecule has 2 fully saturated rings. The summed E-state index contributed by atoms with van der Waals surface area (Å²) < 4.78 is 54.3. The smallest absolute Gasteiger partial charge is 0.417 e. The molecular formula is C31H36F3N9O5. The van der Waals surface area contributed by atoms with E-state index in [-0.39, 0.29) is 35.6 Å². The fraction of sp³-hybridized carbons (Fsp3) is 0.484. The Labute approximate surface area is 273 Å². The number of halogens is 3. The third kappa shape index (κ3) is 7.52. The molecule has 0 aromatic carbocycles. The van der Waals surface area contributed by atoms with E-state index in [1.807, 2.05) is 17.0 Å². The zero-order valence-corrected chi connectivity index (χ0v) is 26.4.